The standard InChI is InChI=1S/C8H15NO3/c1-5(2)9-7(8(11)12)4-6(3)10/h5,7,9H,4H2,1-3H3,(H,11,12). The van der Waals surface area contributed by atoms with Crippen LogP contribution < -0.4 is 5.32 Å². The summed E-state index contributed by atoms with van der Waals surface area (Å²) >= 11 is 0. The Kier molecular flexibility index (Phi) is 4.51. The molecule has 0 radical (unpaired) electrons. The molecule has 0 aliphatic heterocycles. The molecular formula is C8H15NO3. The summed E-state index contributed by atoms with van der Waals surface area (Å²) in [5, 5.41) is 11.4. The van der Waals surface area contributed by atoms with Crippen molar-refractivity contribution in [1.82, 2.24) is 5.32 Å². The molecule has 0 fully saturated rings. The molecule has 0 aromatic carbocycles. The van der Waals surface area contributed by atoms with E-state index < -0.39 is 12.0 Å². The number of carboxylic acid groups (broad SMARTS) is 1. The zero-order chi connectivity index (χ0) is 9.72. The molecule has 1 unspecified atom stereocenters. The number of nitrogens with one attached hydrogen (secondary N) is 1. The van der Waals surface area contributed by atoms with E-state index in [2.05, 4.69) is 5.32 Å². The summed E-state index contributed by atoms with van der Waals surface area (Å²) in [6, 6.07) is -0.673. The third-order valence-corrected chi connectivity index (χ3v) is 1.32. The Bertz CT molecular complexity index is 177. The Morgan fingerprint density at radius 3 is 2.17 bits per heavy atom. The second-order valence-electron chi connectivity index (χ2n) is 3.12. The van der Waals surface area contributed by atoms with Gasteiger partial charge in [0.05, 0.1) is 0 Å². The molecule has 0 saturated heterocycles. The van der Waals surface area contributed by atoms with Gasteiger partial charge in [-0.15, -0.1) is 0 Å². The third kappa shape index (κ3) is 4.85. The number of Topliss-reactive ketones (excluding diaryl/α,β-unsaturated/α-hetero) is 1. The maximum absolute atomic E-state index is 10.6. The smallest absolute Gasteiger partial charge is 0.321 e. The van der Waals surface area contributed by atoms with Crippen LogP contribution in [-0.2, 0) is 9.59 Å². The molecule has 0 saturated carbocycles. The van der Waals surface area contributed by atoms with Crippen molar-refractivity contribution in [2.24, 2.45) is 0 Å². The average molecular weight is 173 g/mol. The van der Waals surface area contributed by atoms with Crippen LogP contribution >= 0.6 is 0 Å². The van der Waals surface area contributed by atoms with Crippen LogP contribution in [0.4, 0.5) is 0 Å². The predicted molar refractivity (Wildman–Crippen MR) is 45.0 cm³/mol. The van der Waals surface area contributed by atoms with Gasteiger partial charge in [-0.2, -0.15) is 0 Å². The lowest BCUT2D eigenvalue weighted by Crippen LogP contribution is -2.41. The molecule has 70 valence electrons. The maximum Gasteiger partial charge on any atom is 0.321 e. The van der Waals surface area contributed by atoms with E-state index in [0.717, 1.165) is 0 Å². The van der Waals surface area contributed by atoms with Crippen LogP contribution in [-0.4, -0.2) is 28.9 Å². The number of carbonyl (C=O) groups is 2. The van der Waals surface area contributed by atoms with E-state index in [1.807, 2.05) is 13.8 Å². The fourth-order valence-electron chi connectivity index (χ4n) is 0.907. The van der Waals surface area contributed by atoms with E-state index in [-0.39, 0.29) is 18.2 Å². The first kappa shape index (κ1) is 11.1. The highest BCUT2D eigenvalue weighted by atomic mass is 16.4. The van der Waals surface area contributed by atoms with Crippen molar-refractivity contribution < 1.29 is 14.7 Å². The number of carboxylic acids is 1. The molecule has 2 N–H and O–H groups in total. The van der Waals surface area contributed by atoms with Crippen molar-refractivity contribution >= 4 is 11.8 Å². The molecule has 0 aromatic heterocycles. The van der Waals surface area contributed by atoms with Gasteiger partial charge in [0.15, 0.2) is 0 Å². The summed E-state index contributed by atoms with van der Waals surface area (Å²) in [4.78, 5) is 21.2. The van der Waals surface area contributed by atoms with Crippen molar-refractivity contribution in [3.63, 3.8) is 0 Å². The molecule has 0 aliphatic rings. The minimum absolute atomic E-state index is 0.0491. The van der Waals surface area contributed by atoms with E-state index >= 15 is 0 Å². The second-order valence-corrected chi connectivity index (χ2v) is 3.12. The first-order valence-electron chi connectivity index (χ1n) is 3.91. The van der Waals surface area contributed by atoms with Crippen molar-refractivity contribution in [3.8, 4) is 0 Å². The van der Waals surface area contributed by atoms with Crippen LogP contribution in [0.3, 0.4) is 0 Å². The Morgan fingerprint density at radius 2 is 1.92 bits per heavy atom. The lowest BCUT2D eigenvalue weighted by Gasteiger charge is -2.15. The number of rotatable bonds is 5. The summed E-state index contributed by atoms with van der Waals surface area (Å²) in [7, 11) is 0. The summed E-state index contributed by atoms with van der Waals surface area (Å²) in [5.41, 5.74) is 0. The Hall–Kier alpha value is -0.900. The first-order chi connectivity index (χ1) is 5.43. The fraction of sp³-hybridized carbons (Fsp3) is 0.750. The van der Waals surface area contributed by atoms with Gasteiger partial charge in [-0.1, -0.05) is 13.8 Å². The number of carbonyl (C=O) groups excluding carboxylic acids is 1. The normalized spacial score (nSPS) is 13.0. The average Bonchev–Trinajstić information content (AvgIpc) is 1.83. The van der Waals surface area contributed by atoms with Gasteiger partial charge in [0.25, 0.3) is 0 Å². The van der Waals surface area contributed by atoms with Crippen molar-refractivity contribution in [1.29, 1.82) is 0 Å². The SMILES string of the molecule is CC(=O)CC(NC(C)C)C(=O)O. The summed E-state index contributed by atoms with van der Waals surface area (Å²) in [6.07, 6.45) is 0.0491. The Balaban J connectivity index is 4.04. The van der Waals surface area contributed by atoms with Crippen LogP contribution in [0.2, 0.25) is 0 Å². The Morgan fingerprint density at radius 1 is 1.42 bits per heavy atom. The van der Waals surface area contributed by atoms with E-state index in [1.165, 1.54) is 6.92 Å². The van der Waals surface area contributed by atoms with Crippen LogP contribution in [0.15, 0.2) is 0 Å². The number of ketones is 1. The minimum Gasteiger partial charge on any atom is -0.480 e. The molecule has 12 heavy (non-hydrogen) atoms. The molecule has 0 aliphatic carbocycles. The lowest BCUT2D eigenvalue weighted by molar-refractivity contribution is -0.141. The molecule has 0 amide bonds. The summed E-state index contributed by atoms with van der Waals surface area (Å²) in [5.74, 6) is -1.09. The number of hydrogen-bond donors (Lipinski definition) is 2. The number of aliphatic carboxylic acids is 1. The highest BCUT2D eigenvalue weighted by molar-refractivity contribution is 5.84. The minimum atomic E-state index is -0.973. The Labute approximate surface area is 72.0 Å². The van der Waals surface area contributed by atoms with Crippen LogP contribution in [0.25, 0.3) is 0 Å². The molecule has 0 heterocycles. The molecule has 4 nitrogen and oxygen atoms in total. The van der Waals surface area contributed by atoms with Crippen molar-refractivity contribution in [2.75, 3.05) is 0 Å². The van der Waals surface area contributed by atoms with E-state index in [4.69, 9.17) is 5.11 Å². The third-order valence-electron chi connectivity index (χ3n) is 1.32. The van der Waals surface area contributed by atoms with Gasteiger partial charge in [0, 0.05) is 12.5 Å². The highest BCUT2D eigenvalue weighted by Gasteiger charge is 2.19. The van der Waals surface area contributed by atoms with Gasteiger partial charge in [0.1, 0.15) is 11.8 Å². The van der Waals surface area contributed by atoms with Gasteiger partial charge in [-0.05, 0) is 6.92 Å². The van der Waals surface area contributed by atoms with Gasteiger partial charge in [0.2, 0.25) is 0 Å². The second kappa shape index (κ2) is 4.87. The number of hydrogen-bond acceptors (Lipinski definition) is 3. The van der Waals surface area contributed by atoms with Crippen LogP contribution in [0, 0.1) is 0 Å². The largest absolute Gasteiger partial charge is 0.480 e. The molecule has 1 atom stereocenters. The lowest BCUT2D eigenvalue weighted by atomic mass is 10.1. The molecule has 4 heteroatoms. The quantitative estimate of drug-likeness (QED) is 0.632. The van der Waals surface area contributed by atoms with E-state index in [9.17, 15) is 9.59 Å². The van der Waals surface area contributed by atoms with Crippen LogP contribution in [0.1, 0.15) is 27.2 Å². The summed E-state index contributed by atoms with van der Waals surface area (Å²) in [6.45, 7) is 5.07. The summed E-state index contributed by atoms with van der Waals surface area (Å²) < 4.78 is 0. The van der Waals surface area contributed by atoms with Gasteiger partial charge >= 0.3 is 5.97 Å². The first-order valence-corrected chi connectivity index (χ1v) is 3.91. The predicted octanol–water partition coefficient (Wildman–Crippen LogP) is 0.417. The van der Waals surface area contributed by atoms with E-state index in [1.54, 1.807) is 0 Å². The van der Waals surface area contributed by atoms with Gasteiger partial charge in [-0.3, -0.25) is 9.59 Å². The monoisotopic (exact) mass is 173 g/mol. The fourth-order valence-corrected chi connectivity index (χ4v) is 0.907. The maximum atomic E-state index is 10.6. The van der Waals surface area contributed by atoms with Crippen molar-refractivity contribution in [3.05, 3.63) is 0 Å². The van der Waals surface area contributed by atoms with Gasteiger partial charge in [-0.25, -0.2) is 0 Å². The highest BCUT2D eigenvalue weighted by Crippen LogP contribution is 1.95. The van der Waals surface area contributed by atoms with Gasteiger partial charge < -0.3 is 10.4 Å². The topological polar surface area (TPSA) is 66.4 Å². The zero-order valence-corrected chi connectivity index (χ0v) is 7.63. The van der Waals surface area contributed by atoms with Crippen molar-refractivity contribution in [2.45, 2.75) is 39.3 Å². The van der Waals surface area contributed by atoms with Crippen LogP contribution in [0.5, 0.6) is 0 Å². The zero-order valence-electron chi connectivity index (χ0n) is 7.63. The molecular weight excluding hydrogens is 158 g/mol. The molecule has 0 rings (SSSR count). The molecule has 0 spiro atoms. The molecule has 0 bridgehead atoms. The van der Waals surface area contributed by atoms with E-state index in [0.29, 0.717) is 0 Å². The molecule has 0 aromatic rings.